The molecule has 2 aliphatic heterocycles. The number of ether oxygens (including phenoxy) is 1. The van der Waals surface area contributed by atoms with Gasteiger partial charge in [0.15, 0.2) is 5.82 Å². The Hall–Kier alpha value is -2.51. The Morgan fingerprint density at radius 3 is 2.72 bits per heavy atom. The molecule has 4 heterocycles. The van der Waals surface area contributed by atoms with Crippen molar-refractivity contribution in [3.63, 3.8) is 0 Å². The maximum Gasteiger partial charge on any atom is 0.159 e. The van der Waals surface area contributed by atoms with Crippen LogP contribution >= 0.6 is 0 Å². The average Bonchev–Trinajstić information content (AvgIpc) is 3.47. The van der Waals surface area contributed by atoms with Crippen molar-refractivity contribution in [2.75, 3.05) is 37.7 Å². The number of hydrogen-bond donors (Lipinski definition) is 0. The number of anilines is 1. The smallest absolute Gasteiger partial charge is 0.159 e. The first kappa shape index (κ1) is 20.1. The molecule has 0 spiro atoms. The third-order valence-electron chi connectivity index (χ3n) is 7.96. The predicted molar refractivity (Wildman–Crippen MR) is 125 cm³/mol. The fourth-order valence-electron chi connectivity index (χ4n) is 5.70. The summed E-state index contributed by atoms with van der Waals surface area (Å²) in [5.74, 6) is 1.81. The van der Waals surface area contributed by atoms with Crippen molar-refractivity contribution in [2.24, 2.45) is 0 Å². The fraction of sp³-hybridized carbons (Fsp3) is 0.560. The molecule has 0 N–H and O–H groups in total. The van der Waals surface area contributed by atoms with Crippen molar-refractivity contribution >= 4 is 16.7 Å². The van der Waals surface area contributed by atoms with Gasteiger partial charge >= 0.3 is 0 Å². The Morgan fingerprint density at radius 1 is 1.09 bits per heavy atom. The van der Waals surface area contributed by atoms with Crippen LogP contribution in [0.25, 0.3) is 16.7 Å². The highest BCUT2D eigenvalue weighted by Gasteiger charge is 2.34. The van der Waals surface area contributed by atoms with Crippen LogP contribution in [0.4, 0.5) is 5.82 Å². The lowest BCUT2D eigenvalue weighted by molar-refractivity contribution is 0.105. The van der Waals surface area contributed by atoms with Gasteiger partial charge in [-0.2, -0.15) is 5.10 Å². The van der Waals surface area contributed by atoms with Crippen molar-refractivity contribution in [3.05, 3.63) is 42.4 Å². The van der Waals surface area contributed by atoms with E-state index in [9.17, 15) is 0 Å². The van der Waals surface area contributed by atoms with Crippen LogP contribution in [0, 0.1) is 0 Å². The summed E-state index contributed by atoms with van der Waals surface area (Å²) in [5, 5.41) is 5.83. The number of aromatic nitrogens is 4. The second-order valence-corrected chi connectivity index (χ2v) is 10.0. The van der Waals surface area contributed by atoms with E-state index in [1.54, 1.807) is 6.33 Å². The highest BCUT2D eigenvalue weighted by molar-refractivity contribution is 5.81. The molecule has 3 fully saturated rings. The van der Waals surface area contributed by atoms with Gasteiger partial charge in [0.25, 0.3) is 0 Å². The normalized spacial score (nSPS) is 25.9. The quantitative estimate of drug-likeness (QED) is 0.628. The summed E-state index contributed by atoms with van der Waals surface area (Å²) in [6, 6.07) is 9.92. The van der Waals surface area contributed by atoms with Gasteiger partial charge in [0.05, 0.1) is 18.3 Å². The number of hydrogen-bond acceptors (Lipinski definition) is 6. The summed E-state index contributed by atoms with van der Waals surface area (Å²) in [6.07, 6.45) is 8.62. The van der Waals surface area contributed by atoms with Crippen LogP contribution in [0.15, 0.2) is 36.8 Å². The Kier molecular flexibility index (Phi) is 4.91. The second-order valence-electron chi connectivity index (χ2n) is 10.0. The summed E-state index contributed by atoms with van der Waals surface area (Å²) in [6.45, 7) is 9.44. The molecule has 1 aliphatic carbocycles. The van der Waals surface area contributed by atoms with Crippen LogP contribution in [-0.2, 0) is 10.2 Å². The van der Waals surface area contributed by atoms with E-state index in [2.05, 4.69) is 63.0 Å². The van der Waals surface area contributed by atoms with Crippen LogP contribution < -0.4 is 4.90 Å². The number of benzene rings is 1. The van der Waals surface area contributed by atoms with E-state index < -0.39 is 0 Å². The van der Waals surface area contributed by atoms with E-state index in [1.807, 2.05) is 10.9 Å². The molecule has 0 bridgehead atoms. The van der Waals surface area contributed by atoms with Gasteiger partial charge in [0.1, 0.15) is 12.1 Å². The molecule has 2 atom stereocenters. The van der Waals surface area contributed by atoms with Gasteiger partial charge in [-0.1, -0.05) is 25.5 Å². The summed E-state index contributed by atoms with van der Waals surface area (Å²) < 4.78 is 7.59. The number of piperazine rings is 1. The van der Waals surface area contributed by atoms with E-state index in [-0.39, 0.29) is 0 Å². The molecule has 1 saturated carbocycles. The SMILES string of the molecule is C[C@H]1CN(c2cc(-n3ncc4ccc(C5(C)CCC5)cc43)ncn2)CCN1[C@H]1CCOC1. The minimum absolute atomic E-state index is 0.306. The van der Waals surface area contributed by atoms with Gasteiger partial charge in [-0.05, 0) is 43.2 Å². The zero-order chi connectivity index (χ0) is 21.7. The molecule has 1 aromatic carbocycles. The summed E-state index contributed by atoms with van der Waals surface area (Å²) in [4.78, 5) is 14.2. The standard InChI is InChI=1S/C25H32N6O/c1-18-15-29(9-10-30(18)21-6-11-32-16-21)23-13-24(27-17-26-23)31-22-12-20(25(2)7-3-8-25)5-4-19(22)14-28-31/h4-5,12-14,17-18,21H,3,6-11,15-16H2,1-2H3/t18-,21-/m0/s1. The monoisotopic (exact) mass is 432 g/mol. The Morgan fingerprint density at radius 2 is 1.97 bits per heavy atom. The molecule has 0 amide bonds. The summed E-state index contributed by atoms with van der Waals surface area (Å²) in [5.41, 5.74) is 2.84. The molecule has 6 rings (SSSR count). The van der Waals surface area contributed by atoms with Crippen LogP contribution in [0.3, 0.4) is 0 Å². The zero-order valence-electron chi connectivity index (χ0n) is 19.1. The first-order valence-corrected chi connectivity index (χ1v) is 12.0. The Labute approximate surface area is 189 Å². The Balaban J connectivity index is 1.27. The third kappa shape index (κ3) is 3.39. The van der Waals surface area contributed by atoms with E-state index in [4.69, 9.17) is 4.74 Å². The topological polar surface area (TPSA) is 59.3 Å². The largest absolute Gasteiger partial charge is 0.380 e. The lowest BCUT2D eigenvalue weighted by Gasteiger charge is -2.43. The first-order chi connectivity index (χ1) is 15.6. The number of rotatable bonds is 4. The summed E-state index contributed by atoms with van der Waals surface area (Å²) in [7, 11) is 0. The molecule has 2 saturated heterocycles. The average molecular weight is 433 g/mol. The van der Waals surface area contributed by atoms with Gasteiger partial charge in [-0.15, -0.1) is 0 Å². The molecule has 7 heteroatoms. The zero-order valence-corrected chi connectivity index (χ0v) is 19.1. The molecule has 2 aromatic heterocycles. The van der Waals surface area contributed by atoms with Gasteiger partial charge in [-0.3, -0.25) is 4.90 Å². The lowest BCUT2D eigenvalue weighted by atomic mass is 9.66. The van der Waals surface area contributed by atoms with E-state index in [0.29, 0.717) is 17.5 Å². The molecule has 3 aliphatic rings. The first-order valence-electron chi connectivity index (χ1n) is 12.0. The molecular formula is C25H32N6O. The highest BCUT2D eigenvalue weighted by atomic mass is 16.5. The lowest BCUT2D eigenvalue weighted by Crippen LogP contribution is -2.55. The maximum atomic E-state index is 5.62. The number of nitrogens with zero attached hydrogens (tertiary/aromatic N) is 6. The van der Waals surface area contributed by atoms with Gasteiger partial charge in [0.2, 0.25) is 0 Å². The highest BCUT2D eigenvalue weighted by Crippen LogP contribution is 2.43. The summed E-state index contributed by atoms with van der Waals surface area (Å²) >= 11 is 0. The maximum absolute atomic E-state index is 5.62. The van der Waals surface area contributed by atoms with Crippen molar-refractivity contribution < 1.29 is 4.74 Å². The molecule has 0 radical (unpaired) electrons. The van der Waals surface area contributed by atoms with Gasteiger partial charge < -0.3 is 9.64 Å². The van der Waals surface area contributed by atoms with E-state index in [1.165, 1.54) is 24.8 Å². The van der Waals surface area contributed by atoms with Crippen LogP contribution in [0.5, 0.6) is 0 Å². The van der Waals surface area contributed by atoms with Crippen LogP contribution in [-0.4, -0.2) is 69.6 Å². The minimum Gasteiger partial charge on any atom is -0.380 e. The molecule has 7 nitrogen and oxygen atoms in total. The van der Waals surface area contributed by atoms with Gasteiger partial charge in [-0.25, -0.2) is 14.6 Å². The molecule has 0 unspecified atom stereocenters. The van der Waals surface area contributed by atoms with Gasteiger partial charge in [0, 0.05) is 49.8 Å². The molecule has 3 aromatic rings. The van der Waals surface area contributed by atoms with Crippen molar-refractivity contribution in [1.29, 1.82) is 0 Å². The fourth-order valence-corrected chi connectivity index (χ4v) is 5.70. The molecule has 168 valence electrons. The van der Waals surface area contributed by atoms with Crippen LogP contribution in [0.2, 0.25) is 0 Å². The van der Waals surface area contributed by atoms with Crippen molar-refractivity contribution in [2.45, 2.75) is 57.0 Å². The van der Waals surface area contributed by atoms with Crippen molar-refractivity contribution in [3.8, 4) is 5.82 Å². The van der Waals surface area contributed by atoms with Crippen LogP contribution in [0.1, 0.15) is 45.1 Å². The minimum atomic E-state index is 0.306. The Bertz CT molecular complexity index is 1120. The number of fused-ring (bicyclic) bond motifs is 1. The predicted octanol–water partition coefficient (Wildman–Crippen LogP) is 3.56. The second kappa shape index (κ2) is 7.81. The van der Waals surface area contributed by atoms with E-state index in [0.717, 1.165) is 61.8 Å². The molecular weight excluding hydrogens is 400 g/mol. The molecule has 32 heavy (non-hydrogen) atoms. The van der Waals surface area contributed by atoms with Crippen molar-refractivity contribution in [1.82, 2.24) is 24.6 Å². The van der Waals surface area contributed by atoms with E-state index >= 15 is 0 Å². The third-order valence-corrected chi connectivity index (χ3v) is 7.96.